The molecule has 0 spiro atoms. The largest absolute Gasteiger partial charge is 0.497 e. The van der Waals surface area contributed by atoms with E-state index < -0.39 is 22.1 Å². The minimum Gasteiger partial charge on any atom is -0.497 e. The maximum atomic E-state index is 13.4. The first-order valence-corrected chi connectivity index (χ1v) is 7.71. The van der Waals surface area contributed by atoms with Crippen LogP contribution in [-0.2, 0) is 0 Å². The number of methoxy groups -OCH3 is 1. The van der Waals surface area contributed by atoms with Gasteiger partial charge in [-0.1, -0.05) is 18.2 Å². The molecule has 0 saturated heterocycles. The normalized spacial score (nSPS) is 22.2. The Morgan fingerprint density at radius 2 is 1.57 bits per heavy atom. The number of alkyl halides is 4. The van der Waals surface area contributed by atoms with E-state index in [1.165, 1.54) is 6.07 Å². The molecule has 0 bridgehead atoms. The zero-order valence-corrected chi connectivity index (χ0v) is 13.6. The molecular formula is C17H13Cl2F3O. The smallest absolute Gasteiger partial charge is 0.266 e. The Morgan fingerprint density at radius 1 is 1.00 bits per heavy atom. The highest BCUT2D eigenvalue weighted by Gasteiger charge is 2.64. The number of halogens is 5. The Balaban J connectivity index is 1.92. The van der Waals surface area contributed by atoms with E-state index >= 15 is 0 Å². The third kappa shape index (κ3) is 2.90. The predicted octanol–water partition coefficient (Wildman–Crippen LogP) is 5.83. The van der Waals surface area contributed by atoms with Crippen molar-refractivity contribution in [2.24, 2.45) is 0 Å². The molecule has 1 nitrogen and oxygen atoms in total. The molecule has 2 aromatic rings. The van der Waals surface area contributed by atoms with Crippen molar-refractivity contribution in [1.82, 2.24) is 0 Å². The molecule has 2 atom stereocenters. The fourth-order valence-corrected chi connectivity index (χ4v) is 3.77. The molecule has 0 unspecified atom stereocenters. The predicted molar refractivity (Wildman–Crippen MR) is 84.3 cm³/mol. The average Bonchev–Trinajstić information content (AvgIpc) is 3.10. The molecule has 2 aromatic carbocycles. The minimum absolute atomic E-state index is 0.243. The Kier molecular flexibility index (Phi) is 4.23. The summed E-state index contributed by atoms with van der Waals surface area (Å²) in [5.74, 6) is -0.840. The van der Waals surface area contributed by atoms with Crippen molar-refractivity contribution in [2.75, 3.05) is 7.11 Å². The van der Waals surface area contributed by atoms with Gasteiger partial charge in [0.1, 0.15) is 15.9 Å². The van der Waals surface area contributed by atoms with E-state index in [0.717, 1.165) is 17.7 Å². The van der Waals surface area contributed by atoms with Crippen molar-refractivity contribution >= 4 is 23.2 Å². The van der Waals surface area contributed by atoms with Gasteiger partial charge in [0.2, 0.25) is 0 Å². The molecule has 1 aliphatic carbocycles. The molecule has 1 fully saturated rings. The number of hydrogen-bond acceptors (Lipinski definition) is 1. The van der Waals surface area contributed by atoms with Crippen molar-refractivity contribution in [2.45, 2.75) is 22.6 Å². The standard InChI is InChI=1S/C17H13Cl2F3O/c1-23-11-5-2-9(3-6-11)14-15(17(14,18)19)10-4-7-13(20)12(8-10)16(21)22/h2-8,14-16H,1H3/t14-,15-/m1/s1. The lowest BCUT2D eigenvalue weighted by Crippen LogP contribution is -1.95. The number of hydrogen-bond donors (Lipinski definition) is 0. The van der Waals surface area contributed by atoms with Gasteiger partial charge in [0.15, 0.2) is 0 Å². The third-order valence-corrected chi connectivity index (χ3v) is 5.08. The highest BCUT2D eigenvalue weighted by molar-refractivity contribution is 6.52. The first-order chi connectivity index (χ1) is 10.9. The summed E-state index contributed by atoms with van der Waals surface area (Å²) in [7, 11) is 1.56. The molecule has 0 aliphatic heterocycles. The zero-order valence-electron chi connectivity index (χ0n) is 12.1. The number of ether oxygens (including phenoxy) is 1. The molecule has 0 N–H and O–H groups in total. The van der Waals surface area contributed by atoms with Crippen LogP contribution in [0.25, 0.3) is 0 Å². The molecule has 122 valence electrons. The summed E-state index contributed by atoms with van der Waals surface area (Å²) in [4.78, 5) is 0. The van der Waals surface area contributed by atoms with Crippen molar-refractivity contribution in [3.63, 3.8) is 0 Å². The summed E-state index contributed by atoms with van der Waals surface area (Å²) in [6.45, 7) is 0. The maximum absolute atomic E-state index is 13.4. The summed E-state index contributed by atoms with van der Waals surface area (Å²) in [5, 5.41) is 0. The second-order valence-electron chi connectivity index (χ2n) is 5.48. The Labute approximate surface area is 142 Å². The van der Waals surface area contributed by atoms with Crippen molar-refractivity contribution < 1.29 is 17.9 Å². The summed E-state index contributed by atoms with van der Waals surface area (Å²) in [5.41, 5.74) is 0.753. The first kappa shape index (κ1) is 16.5. The lowest BCUT2D eigenvalue weighted by Gasteiger charge is -2.06. The maximum Gasteiger partial charge on any atom is 0.266 e. The third-order valence-electron chi connectivity index (χ3n) is 4.14. The highest BCUT2D eigenvalue weighted by Crippen LogP contribution is 2.70. The molecular weight excluding hydrogens is 348 g/mol. The average molecular weight is 361 g/mol. The van der Waals surface area contributed by atoms with Gasteiger partial charge in [-0.05, 0) is 35.4 Å². The SMILES string of the molecule is COc1ccc([C@@H]2[C@@H](c3ccc(F)c(C(F)F)c3)C2(Cl)Cl)cc1. The van der Waals surface area contributed by atoms with E-state index in [9.17, 15) is 13.2 Å². The molecule has 0 heterocycles. The first-order valence-electron chi connectivity index (χ1n) is 6.95. The van der Waals surface area contributed by atoms with Crippen LogP contribution in [0.5, 0.6) is 5.75 Å². The summed E-state index contributed by atoms with van der Waals surface area (Å²) in [6, 6.07) is 10.9. The van der Waals surface area contributed by atoms with Crippen LogP contribution < -0.4 is 4.74 Å². The molecule has 0 radical (unpaired) electrons. The van der Waals surface area contributed by atoms with Crippen LogP contribution in [-0.4, -0.2) is 11.4 Å². The van der Waals surface area contributed by atoms with Gasteiger partial charge in [0, 0.05) is 11.8 Å². The van der Waals surface area contributed by atoms with E-state index in [4.69, 9.17) is 27.9 Å². The van der Waals surface area contributed by atoms with Gasteiger partial charge in [-0.2, -0.15) is 0 Å². The quantitative estimate of drug-likeness (QED) is 0.623. The van der Waals surface area contributed by atoms with E-state index in [0.29, 0.717) is 11.3 Å². The number of benzene rings is 2. The van der Waals surface area contributed by atoms with Gasteiger partial charge in [0.25, 0.3) is 6.43 Å². The zero-order chi connectivity index (χ0) is 16.8. The second kappa shape index (κ2) is 5.91. The summed E-state index contributed by atoms with van der Waals surface area (Å²) < 4.78 is 43.2. The van der Waals surface area contributed by atoms with Gasteiger partial charge in [0.05, 0.1) is 12.7 Å². The van der Waals surface area contributed by atoms with E-state index in [2.05, 4.69) is 0 Å². The summed E-state index contributed by atoms with van der Waals surface area (Å²) in [6.07, 6.45) is -2.88. The van der Waals surface area contributed by atoms with Crippen LogP contribution in [0.2, 0.25) is 0 Å². The van der Waals surface area contributed by atoms with Crippen LogP contribution in [0.1, 0.15) is 35.0 Å². The molecule has 6 heteroatoms. The van der Waals surface area contributed by atoms with Crippen molar-refractivity contribution in [3.05, 3.63) is 65.0 Å². The van der Waals surface area contributed by atoms with E-state index in [-0.39, 0.29) is 11.8 Å². The molecule has 0 amide bonds. The van der Waals surface area contributed by atoms with Gasteiger partial charge in [-0.3, -0.25) is 0 Å². The van der Waals surface area contributed by atoms with Gasteiger partial charge in [-0.25, -0.2) is 13.2 Å². The van der Waals surface area contributed by atoms with Crippen LogP contribution in [0.4, 0.5) is 13.2 Å². The van der Waals surface area contributed by atoms with Crippen molar-refractivity contribution in [1.29, 1.82) is 0 Å². The molecule has 0 aromatic heterocycles. The fraction of sp³-hybridized carbons (Fsp3) is 0.294. The monoisotopic (exact) mass is 360 g/mol. The Hall–Kier alpha value is -1.39. The molecule has 1 saturated carbocycles. The van der Waals surface area contributed by atoms with Gasteiger partial charge >= 0.3 is 0 Å². The molecule has 1 aliphatic rings. The van der Waals surface area contributed by atoms with Crippen LogP contribution in [0.15, 0.2) is 42.5 Å². The topological polar surface area (TPSA) is 9.23 Å². The minimum atomic E-state index is -2.88. The molecule has 3 rings (SSSR count). The lowest BCUT2D eigenvalue weighted by molar-refractivity contribution is 0.146. The highest BCUT2D eigenvalue weighted by atomic mass is 35.5. The van der Waals surface area contributed by atoms with Gasteiger partial charge in [-0.15, -0.1) is 23.2 Å². The second-order valence-corrected chi connectivity index (χ2v) is 6.93. The Morgan fingerprint density at radius 3 is 2.13 bits per heavy atom. The number of rotatable bonds is 4. The summed E-state index contributed by atoms with van der Waals surface area (Å²) >= 11 is 12.7. The van der Waals surface area contributed by atoms with Crippen LogP contribution in [0, 0.1) is 5.82 Å². The van der Waals surface area contributed by atoms with E-state index in [1.807, 2.05) is 12.1 Å². The van der Waals surface area contributed by atoms with Crippen LogP contribution >= 0.6 is 23.2 Å². The van der Waals surface area contributed by atoms with Gasteiger partial charge < -0.3 is 4.74 Å². The lowest BCUT2D eigenvalue weighted by atomic mass is 10.0. The van der Waals surface area contributed by atoms with E-state index in [1.54, 1.807) is 19.2 Å². The Bertz CT molecular complexity index is 716. The van der Waals surface area contributed by atoms with Crippen LogP contribution in [0.3, 0.4) is 0 Å². The van der Waals surface area contributed by atoms with Crippen molar-refractivity contribution in [3.8, 4) is 5.75 Å². The fourth-order valence-electron chi connectivity index (χ4n) is 2.89. The molecule has 23 heavy (non-hydrogen) atoms.